The number of nitrogens with zero attached hydrogens (tertiary/aromatic N) is 3. The number of imidazole rings is 1. The van der Waals surface area contributed by atoms with E-state index in [1.54, 1.807) is 7.11 Å². The van der Waals surface area contributed by atoms with E-state index in [9.17, 15) is 9.59 Å². The third kappa shape index (κ3) is 5.57. The maximum Gasteiger partial charge on any atom is 0.407 e. The monoisotopic (exact) mass is 505 g/mol. The van der Waals surface area contributed by atoms with Crippen molar-refractivity contribution in [3.05, 3.63) is 23.0 Å². The molecule has 1 aliphatic heterocycles. The number of ketones is 1. The Morgan fingerprint density at radius 1 is 1.26 bits per heavy atom. The second-order valence-electron chi connectivity index (χ2n) is 10.0. The van der Waals surface area contributed by atoms with Gasteiger partial charge >= 0.3 is 6.09 Å². The number of alkyl carbamates (subject to hydrolysis) is 1. The molecule has 35 heavy (non-hydrogen) atoms. The summed E-state index contributed by atoms with van der Waals surface area (Å²) in [5, 5.41) is 3.49. The summed E-state index contributed by atoms with van der Waals surface area (Å²) in [4.78, 5) is 37.6. The highest BCUT2D eigenvalue weighted by molar-refractivity contribution is 6.34. The molecule has 1 saturated heterocycles. The number of aromatic nitrogens is 2. The number of halogens is 1. The maximum absolute atomic E-state index is 13.5. The average Bonchev–Trinajstić information content (AvgIpc) is 3.26. The molecule has 2 aliphatic rings. The van der Waals surface area contributed by atoms with Crippen molar-refractivity contribution in [2.45, 2.75) is 51.6 Å². The zero-order valence-electron chi connectivity index (χ0n) is 21.0. The van der Waals surface area contributed by atoms with Crippen LogP contribution < -0.4 is 10.2 Å². The molecule has 1 unspecified atom stereocenters. The van der Waals surface area contributed by atoms with E-state index in [4.69, 9.17) is 21.1 Å². The standard InChI is InChI=1S/C25H36ClN5O4/c1-16-15-30(11-12-34-3)9-10-31(16)21-14-20-19(13-18(21)26)28-23(29-20)22(32)25(2)7-5-17(6-8-25)27-24(33)35-4/h13-14,16-17H,5-12,15H2,1-4H3,(H,27,33)(H,28,29). The van der Waals surface area contributed by atoms with Crippen molar-refractivity contribution >= 4 is 40.2 Å². The van der Waals surface area contributed by atoms with Gasteiger partial charge in [-0.1, -0.05) is 18.5 Å². The zero-order valence-corrected chi connectivity index (χ0v) is 21.8. The van der Waals surface area contributed by atoms with Gasteiger partial charge in [0.25, 0.3) is 0 Å². The Balaban J connectivity index is 1.48. The summed E-state index contributed by atoms with van der Waals surface area (Å²) < 4.78 is 9.91. The van der Waals surface area contributed by atoms with Gasteiger partial charge in [-0.05, 0) is 44.7 Å². The number of carbonyl (C=O) groups excluding carboxylic acids is 2. The van der Waals surface area contributed by atoms with Gasteiger partial charge in [-0.2, -0.15) is 0 Å². The molecule has 0 spiro atoms. The number of anilines is 1. The normalized spacial score (nSPS) is 25.6. The van der Waals surface area contributed by atoms with Crippen molar-refractivity contribution < 1.29 is 19.1 Å². The first kappa shape index (κ1) is 25.7. The number of methoxy groups -OCH3 is 2. The average molecular weight is 506 g/mol. The summed E-state index contributed by atoms with van der Waals surface area (Å²) >= 11 is 6.70. The number of aromatic amines is 1. The van der Waals surface area contributed by atoms with Crippen molar-refractivity contribution in [2.24, 2.45) is 5.41 Å². The summed E-state index contributed by atoms with van der Waals surface area (Å²) in [7, 11) is 3.08. The largest absolute Gasteiger partial charge is 0.453 e. The molecular weight excluding hydrogens is 470 g/mol. The number of fused-ring (bicyclic) bond motifs is 1. The Morgan fingerprint density at radius 3 is 2.66 bits per heavy atom. The number of nitrogens with one attached hydrogen (secondary N) is 2. The number of hydrogen-bond acceptors (Lipinski definition) is 7. The highest BCUT2D eigenvalue weighted by Crippen LogP contribution is 2.39. The van der Waals surface area contributed by atoms with Gasteiger partial charge in [-0.15, -0.1) is 0 Å². The van der Waals surface area contributed by atoms with Crippen LogP contribution in [0.4, 0.5) is 10.5 Å². The molecule has 2 N–H and O–H groups in total. The molecule has 192 valence electrons. The van der Waals surface area contributed by atoms with Crippen LogP contribution in [-0.4, -0.2) is 85.8 Å². The summed E-state index contributed by atoms with van der Waals surface area (Å²) in [6.45, 7) is 8.58. The van der Waals surface area contributed by atoms with Gasteiger partial charge in [0, 0.05) is 50.8 Å². The quantitative estimate of drug-likeness (QED) is 0.551. The maximum atomic E-state index is 13.5. The minimum absolute atomic E-state index is 0.00279. The van der Waals surface area contributed by atoms with Gasteiger partial charge < -0.3 is 24.7 Å². The number of amides is 1. The molecule has 2 fully saturated rings. The molecule has 4 rings (SSSR count). The summed E-state index contributed by atoms with van der Waals surface area (Å²) in [5.74, 6) is 0.371. The van der Waals surface area contributed by atoms with Crippen molar-refractivity contribution in [3.8, 4) is 0 Å². The molecule has 0 radical (unpaired) electrons. The van der Waals surface area contributed by atoms with Crippen molar-refractivity contribution in [2.75, 3.05) is 51.9 Å². The molecule has 10 heteroatoms. The lowest BCUT2D eigenvalue weighted by Gasteiger charge is -2.41. The molecule has 2 heterocycles. The van der Waals surface area contributed by atoms with Crippen molar-refractivity contribution in [1.29, 1.82) is 0 Å². The lowest BCUT2D eigenvalue weighted by Crippen LogP contribution is -2.52. The van der Waals surface area contributed by atoms with Gasteiger partial charge in [0.1, 0.15) is 0 Å². The van der Waals surface area contributed by atoms with Gasteiger partial charge in [0.05, 0.1) is 35.5 Å². The SMILES string of the molecule is COCCN1CCN(c2cc3nc(C(=O)C4(C)CCC(NC(=O)OC)CC4)[nH]c3cc2Cl)C(C)C1. The second-order valence-corrected chi connectivity index (χ2v) is 10.4. The Morgan fingerprint density at radius 2 is 2.00 bits per heavy atom. The topological polar surface area (TPSA) is 99.8 Å². The fraction of sp³-hybridized carbons (Fsp3) is 0.640. The smallest absolute Gasteiger partial charge is 0.407 e. The minimum atomic E-state index is -0.526. The van der Waals surface area contributed by atoms with Crippen LogP contribution in [0.5, 0.6) is 0 Å². The van der Waals surface area contributed by atoms with Gasteiger partial charge in [0.2, 0.25) is 5.78 Å². The van der Waals surface area contributed by atoms with Crippen molar-refractivity contribution in [3.63, 3.8) is 0 Å². The lowest BCUT2D eigenvalue weighted by molar-refractivity contribution is 0.0715. The lowest BCUT2D eigenvalue weighted by atomic mass is 9.71. The molecule has 1 aliphatic carbocycles. The summed E-state index contributed by atoms with van der Waals surface area (Å²) in [5.41, 5.74) is 1.93. The third-order valence-electron chi connectivity index (χ3n) is 7.54. The van der Waals surface area contributed by atoms with Crippen LogP contribution >= 0.6 is 11.6 Å². The predicted octanol–water partition coefficient (Wildman–Crippen LogP) is 3.86. The van der Waals surface area contributed by atoms with Gasteiger partial charge in [0.15, 0.2) is 5.82 Å². The zero-order chi connectivity index (χ0) is 25.2. The van der Waals surface area contributed by atoms with E-state index in [1.807, 2.05) is 19.1 Å². The van der Waals surface area contributed by atoms with Crippen LogP contribution in [0.1, 0.15) is 50.1 Å². The Labute approximate surface area is 211 Å². The molecule has 1 atom stereocenters. The second kappa shape index (κ2) is 10.7. The fourth-order valence-electron chi connectivity index (χ4n) is 5.30. The molecule has 1 amide bonds. The predicted molar refractivity (Wildman–Crippen MR) is 136 cm³/mol. The third-order valence-corrected chi connectivity index (χ3v) is 7.85. The molecule has 0 bridgehead atoms. The minimum Gasteiger partial charge on any atom is -0.453 e. The molecular formula is C25H36ClN5O4. The van der Waals surface area contributed by atoms with Gasteiger partial charge in [-0.3, -0.25) is 9.69 Å². The van der Waals surface area contributed by atoms with E-state index in [2.05, 4.69) is 32.0 Å². The molecule has 1 aromatic carbocycles. The van der Waals surface area contributed by atoms with Crippen LogP contribution in [-0.2, 0) is 9.47 Å². The molecule has 1 saturated carbocycles. The number of hydrogen-bond donors (Lipinski definition) is 2. The number of piperazine rings is 1. The summed E-state index contributed by atoms with van der Waals surface area (Å²) in [6.07, 6.45) is 2.37. The van der Waals surface area contributed by atoms with Crippen LogP contribution in [0.25, 0.3) is 11.0 Å². The number of Topliss-reactive ketones (excluding diaryl/α,β-unsaturated/α-hetero) is 1. The van der Waals surface area contributed by atoms with E-state index in [1.165, 1.54) is 7.11 Å². The van der Waals surface area contributed by atoms with E-state index < -0.39 is 11.5 Å². The first-order chi connectivity index (χ1) is 16.7. The van der Waals surface area contributed by atoms with E-state index in [-0.39, 0.29) is 11.8 Å². The first-order valence-corrected chi connectivity index (χ1v) is 12.7. The Kier molecular flexibility index (Phi) is 7.88. The number of benzene rings is 1. The van der Waals surface area contributed by atoms with Crippen LogP contribution in [0.15, 0.2) is 12.1 Å². The van der Waals surface area contributed by atoms with Crippen molar-refractivity contribution in [1.82, 2.24) is 20.2 Å². The van der Waals surface area contributed by atoms with E-state index in [0.29, 0.717) is 29.7 Å². The summed E-state index contributed by atoms with van der Waals surface area (Å²) in [6, 6.07) is 4.19. The number of H-pyrrole nitrogens is 1. The van der Waals surface area contributed by atoms with E-state index >= 15 is 0 Å². The molecule has 2 aromatic rings. The number of ether oxygens (including phenoxy) is 2. The van der Waals surface area contributed by atoms with Gasteiger partial charge in [-0.25, -0.2) is 9.78 Å². The molecule has 1 aromatic heterocycles. The number of carbonyl (C=O) groups is 2. The van der Waals surface area contributed by atoms with Crippen LogP contribution in [0, 0.1) is 5.41 Å². The highest BCUT2D eigenvalue weighted by atomic mass is 35.5. The van der Waals surface area contributed by atoms with Crippen LogP contribution in [0.2, 0.25) is 5.02 Å². The highest BCUT2D eigenvalue weighted by Gasteiger charge is 2.40. The van der Waals surface area contributed by atoms with E-state index in [0.717, 1.165) is 62.3 Å². The Bertz CT molecular complexity index is 1070. The Hall–Kier alpha value is -2.36. The number of rotatable bonds is 7. The fourth-order valence-corrected chi connectivity index (χ4v) is 5.57. The van der Waals surface area contributed by atoms with Crippen LogP contribution in [0.3, 0.4) is 0 Å². The first-order valence-electron chi connectivity index (χ1n) is 12.3. The molecule has 9 nitrogen and oxygen atoms in total.